The van der Waals surface area contributed by atoms with Crippen molar-refractivity contribution in [1.82, 2.24) is 0 Å². The third-order valence-electron chi connectivity index (χ3n) is 1.74. The van der Waals surface area contributed by atoms with Crippen LogP contribution in [0.3, 0.4) is 0 Å². The Balaban J connectivity index is 0.000000415. The van der Waals surface area contributed by atoms with Gasteiger partial charge in [0.1, 0.15) is 5.75 Å². The number of benzene rings is 1. The summed E-state index contributed by atoms with van der Waals surface area (Å²) < 4.78 is 38.3. The topological polar surface area (TPSA) is 76.1 Å². The van der Waals surface area contributed by atoms with Gasteiger partial charge in [-0.15, -0.1) is 6.58 Å². The van der Waals surface area contributed by atoms with Gasteiger partial charge in [-0.25, -0.2) is 0 Å². The molecular formula is C11H14O5S. The van der Waals surface area contributed by atoms with E-state index in [2.05, 4.69) is 15.5 Å². The summed E-state index contributed by atoms with van der Waals surface area (Å²) >= 11 is 0. The number of epoxide rings is 1. The summed E-state index contributed by atoms with van der Waals surface area (Å²) in [4.78, 5) is 0. The van der Waals surface area contributed by atoms with E-state index in [9.17, 15) is 8.42 Å². The second-order valence-electron chi connectivity index (χ2n) is 3.22. The molecule has 6 heteroatoms. The third-order valence-corrected chi connectivity index (χ3v) is 2.13. The molecule has 0 bridgehead atoms. The van der Waals surface area contributed by atoms with Crippen LogP contribution in [0.25, 0.3) is 0 Å². The first-order valence-electron chi connectivity index (χ1n) is 4.96. The van der Waals surface area contributed by atoms with Gasteiger partial charge in [0.05, 0.1) is 13.2 Å². The van der Waals surface area contributed by atoms with Crippen LogP contribution in [0.1, 0.15) is 5.56 Å². The monoisotopic (exact) mass is 258 g/mol. The third kappa shape index (κ3) is 6.72. The quantitative estimate of drug-likeness (QED) is 0.504. The van der Waals surface area contributed by atoms with E-state index in [1.165, 1.54) is 6.07 Å². The fourth-order valence-corrected chi connectivity index (χ4v) is 1.41. The number of ether oxygens (including phenoxy) is 1. The lowest BCUT2D eigenvalue weighted by Crippen LogP contribution is -2.08. The summed E-state index contributed by atoms with van der Waals surface area (Å²) in [6.07, 6.45) is 2.10. The van der Waals surface area contributed by atoms with E-state index in [0.717, 1.165) is 13.2 Å². The van der Waals surface area contributed by atoms with Gasteiger partial charge < -0.3 is 8.92 Å². The molecule has 2 rings (SSSR count). The van der Waals surface area contributed by atoms with Gasteiger partial charge >= 0.3 is 10.4 Å². The normalized spacial score (nSPS) is 13.2. The standard InChI is InChI=1S/C9H10O4S.C2H4O/c1-2-5-8-6-3-4-7-9(8)13-14(10,11)12;1-2-3-1/h2-4,6-7H,1,5H2,(H,10,11,12);1-2H2. The van der Waals surface area contributed by atoms with Crippen LogP contribution in [0, 0.1) is 0 Å². The number of rotatable bonds is 4. The summed E-state index contributed by atoms with van der Waals surface area (Å²) in [5, 5.41) is 0. The lowest BCUT2D eigenvalue weighted by Gasteiger charge is -2.05. The first-order valence-corrected chi connectivity index (χ1v) is 6.33. The smallest absolute Gasteiger partial charge is 0.377 e. The fourth-order valence-electron chi connectivity index (χ4n) is 1.02. The SMILES string of the molecule is C1CO1.C=CCc1ccccc1OS(=O)(=O)O. The summed E-state index contributed by atoms with van der Waals surface area (Å²) in [7, 11) is -4.45. The highest BCUT2D eigenvalue weighted by atomic mass is 32.3. The van der Waals surface area contributed by atoms with E-state index in [1.807, 2.05) is 0 Å². The minimum atomic E-state index is -4.45. The molecule has 0 atom stereocenters. The second kappa shape index (κ2) is 6.39. The van der Waals surface area contributed by atoms with Crippen LogP contribution in [-0.2, 0) is 21.6 Å². The van der Waals surface area contributed by atoms with Crippen molar-refractivity contribution in [3.63, 3.8) is 0 Å². The van der Waals surface area contributed by atoms with Crippen molar-refractivity contribution in [2.75, 3.05) is 13.2 Å². The van der Waals surface area contributed by atoms with Crippen LogP contribution in [0.4, 0.5) is 0 Å². The molecule has 0 saturated carbocycles. The predicted octanol–water partition coefficient (Wildman–Crippen LogP) is 1.61. The van der Waals surface area contributed by atoms with Crippen LogP contribution in [-0.4, -0.2) is 26.2 Å². The van der Waals surface area contributed by atoms with Crippen molar-refractivity contribution in [1.29, 1.82) is 0 Å². The molecule has 0 aliphatic carbocycles. The van der Waals surface area contributed by atoms with E-state index in [4.69, 9.17) is 4.55 Å². The Labute approximate surface area is 101 Å². The van der Waals surface area contributed by atoms with Gasteiger partial charge in [-0.3, -0.25) is 4.55 Å². The Hall–Kier alpha value is -1.37. The number of hydrogen-bond acceptors (Lipinski definition) is 4. The Morgan fingerprint density at radius 3 is 2.47 bits per heavy atom. The van der Waals surface area contributed by atoms with E-state index in [-0.39, 0.29) is 5.75 Å². The largest absolute Gasteiger partial charge is 0.446 e. The molecule has 1 saturated heterocycles. The molecular weight excluding hydrogens is 244 g/mol. The molecule has 1 aliphatic heterocycles. The van der Waals surface area contributed by atoms with Gasteiger partial charge in [-0.2, -0.15) is 8.42 Å². The van der Waals surface area contributed by atoms with Crippen molar-refractivity contribution in [3.05, 3.63) is 42.5 Å². The maximum absolute atomic E-state index is 10.5. The van der Waals surface area contributed by atoms with Crippen LogP contribution in [0.2, 0.25) is 0 Å². The summed E-state index contributed by atoms with van der Waals surface area (Å²) in [6, 6.07) is 6.53. The van der Waals surface area contributed by atoms with Gasteiger partial charge in [-0.05, 0) is 18.1 Å². The first kappa shape index (κ1) is 13.7. The van der Waals surface area contributed by atoms with Gasteiger partial charge in [0.25, 0.3) is 0 Å². The molecule has 1 heterocycles. The Kier molecular flexibility index (Phi) is 5.14. The Morgan fingerprint density at radius 1 is 1.41 bits per heavy atom. The lowest BCUT2D eigenvalue weighted by atomic mass is 10.1. The first-order chi connectivity index (χ1) is 8.03. The van der Waals surface area contributed by atoms with Crippen molar-refractivity contribution in [3.8, 4) is 5.75 Å². The molecule has 0 spiro atoms. The minimum absolute atomic E-state index is 0.120. The Bertz CT molecular complexity index is 462. The molecule has 94 valence electrons. The second-order valence-corrected chi connectivity index (χ2v) is 4.25. The van der Waals surface area contributed by atoms with Crippen LogP contribution in [0.5, 0.6) is 5.75 Å². The highest BCUT2D eigenvalue weighted by Gasteiger charge is 2.09. The molecule has 0 unspecified atom stereocenters. The highest BCUT2D eigenvalue weighted by molar-refractivity contribution is 7.81. The maximum atomic E-state index is 10.5. The fraction of sp³-hybridized carbons (Fsp3) is 0.273. The molecule has 1 fully saturated rings. The predicted molar refractivity (Wildman–Crippen MR) is 63.3 cm³/mol. The summed E-state index contributed by atoms with van der Waals surface area (Å²) in [5.41, 5.74) is 0.653. The molecule has 1 aromatic carbocycles. The van der Waals surface area contributed by atoms with Gasteiger partial charge in [0.15, 0.2) is 0 Å². The minimum Gasteiger partial charge on any atom is -0.377 e. The van der Waals surface area contributed by atoms with Crippen molar-refractivity contribution >= 4 is 10.4 Å². The molecule has 0 radical (unpaired) electrons. The molecule has 1 aromatic rings. The van der Waals surface area contributed by atoms with E-state index < -0.39 is 10.4 Å². The molecule has 17 heavy (non-hydrogen) atoms. The van der Waals surface area contributed by atoms with Crippen LogP contribution in [0.15, 0.2) is 36.9 Å². The van der Waals surface area contributed by atoms with Gasteiger partial charge in [0, 0.05) is 0 Å². The van der Waals surface area contributed by atoms with Crippen molar-refractivity contribution in [2.24, 2.45) is 0 Å². The zero-order valence-corrected chi connectivity index (χ0v) is 10.0. The van der Waals surface area contributed by atoms with E-state index in [1.54, 1.807) is 24.3 Å². The van der Waals surface area contributed by atoms with E-state index in [0.29, 0.717) is 12.0 Å². The zero-order chi connectivity index (χ0) is 12.7. The summed E-state index contributed by atoms with van der Waals surface area (Å²) in [5.74, 6) is 0.120. The Morgan fingerprint density at radius 2 is 2.00 bits per heavy atom. The average molecular weight is 258 g/mol. The molecule has 1 N–H and O–H groups in total. The van der Waals surface area contributed by atoms with Crippen LogP contribution >= 0.6 is 0 Å². The van der Waals surface area contributed by atoms with Crippen molar-refractivity contribution in [2.45, 2.75) is 6.42 Å². The molecule has 1 aliphatic rings. The molecule has 5 nitrogen and oxygen atoms in total. The van der Waals surface area contributed by atoms with Crippen LogP contribution < -0.4 is 4.18 Å². The molecule has 0 aromatic heterocycles. The number of hydrogen-bond donors (Lipinski definition) is 1. The zero-order valence-electron chi connectivity index (χ0n) is 9.20. The van der Waals surface area contributed by atoms with Crippen molar-refractivity contribution < 1.29 is 21.9 Å². The highest BCUT2D eigenvalue weighted by Crippen LogP contribution is 2.19. The number of allylic oxidation sites excluding steroid dienone is 1. The van der Waals surface area contributed by atoms with Gasteiger partial charge in [-0.1, -0.05) is 24.3 Å². The number of para-hydroxylation sites is 1. The molecule has 0 amide bonds. The average Bonchev–Trinajstić information content (AvgIpc) is 3.06. The van der Waals surface area contributed by atoms with Gasteiger partial charge in [0.2, 0.25) is 0 Å². The maximum Gasteiger partial charge on any atom is 0.446 e. The summed E-state index contributed by atoms with van der Waals surface area (Å²) in [6.45, 7) is 5.53. The van der Waals surface area contributed by atoms with E-state index >= 15 is 0 Å². The lowest BCUT2D eigenvalue weighted by molar-refractivity contribution is 0.385.